The van der Waals surface area contributed by atoms with Crippen molar-refractivity contribution in [1.82, 2.24) is 14.9 Å². The molecule has 35 heavy (non-hydrogen) atoms. The zero-order valence-electron chi connectivity index (χ0n) is 19.6. The van der Waals surface area contributed by atoms with Crippen LogP contribution in [0.5, 0.6) is 5.75 Å². The molecule has 1 aromatic heterocycles. The molecular formula is C28H27N3O4. The fourth-order valence-electron chi connectivity index (χ4n) is 4.40. The number of ether oxygens (including phenoxy) is 2. The van der Waals surface area contributed by atoms with Crippen LogP contribution in [0.3, 0.4) is 0 Å². The number of H-pyrrole nitrogens is 1. The van der Waals surface area contributed by atoms with Crippen LogP contribution in [0.1, 0.15) is 35.4 Å². The summed E-state index contributed by atoms with van der Waals surface area (Å²) in [5, 5.41) is 0. The smallest absolute Gasteiger partial charge is 0.410 e. The van der Waals surface area contributed by atoms with Crippen molar-refractivity contribution < 1.29 is 19.1 Å². The molecule has 7 nitrogen and oxygen atoms in total. The molecule has 0 radical (unpaired) electrons. The van der Waals surface area contributed by atoms with Gasteiger partial charge in [-0.2, -0.15) is 0 Å². The van der Waals surface area contributed by atoms with Gasteiger partial charge in [-0.15, -0.1) is 0 Å². The van der Waals surface area contributed by atoms with Crippen molar-refractivity contribution in [3.63, 3.8) is 0 Å². The molecule has 0 unspecified atom stereocenters. The van der Waals surface area contributed by atoms with E-state index in [4.69, 9.17) is 14.5 Å². The molecule has 7 heteroatoms. The van der Waals surface area contributed by atoms with Crippen molar-refractivity contribution in [2.45, 2.75) is 38.8 Å². The molecule has 1 atom stereocenters. The topological polar surface area (TPSA) is 84.5 Å². The van der Waals surface area contributed by atoms with Crippen LogP contribution in [0.25, 0.3) is 11.0 Å². The molecule has 0 aliphatic carbocycles. The highest BCUT2D eigenvalue weighted by atomic mass is 16.6. The van der Waals surface area contributed by atoms with E-state index in [9.17, 15) is 9.59 Å². The largest absolute Gasteiger partial charge is 0.445 e. The minimum atomic E-state index is -0.642. The predicted octanol–water partition coefficient (Wildman–Crippen LogP) is 5.17. The van der Waals surface area contributed by atoms with Crippen LogP contribution in [0.4, 0.5) is 4.79 Å². The molecule has 1 N–H and O–H groups in total. The highest BCUT2D eigenvalue weighted by Crippen LogP contribution is 2.23. The number of esters is 1. The van der Waals surface area contributed by atoms with E-state index < -0.39 is 18.1 Å². The number of aryl methyl sites for hydroxylation is 1. The summed E-state index contributed by atoms with van der Waals surface area (Å²) in [5.74, 6) is 0.887. The maximum Gasteiger partial charge on any atom is 0.410 e. The number of fused-ring (bicyclic) bond motifs is 1. The zero-order chi connectivity index (χ0) is 24.2. The number of carbonyl (C=O) groups is 2. The average molecular weight is 470 g/mol. The second-order valence-electron chi connectivity index (χ2n) is 8.79. The first-order valence-electron chi connectivity index (χ1n) is 11.8. The normalized spacial score (nSPS) is 15.3. The highest BCUT2D eigenvalue weighted by Gasteiger charge is 2.36. The number of hydrogen-bond acceptors (Lipinski definition) is 5. The Hall–Kier alpha value is -4.13. The molecule has 1 aliphatic rings. The predicted molar refractivity (Wildman–Crippen MR) is 132 cm³/mol. The molecule has 1 amide bonds. The third-order valence-electron chi connectivity index (χ3n) is 6.24. The van der Waals surface area contributed by atoms with Gasteiger partial charge >= 0.3 is 12.1 Å². The van der Waals surface area contributed by atoms with Gasteiger partial charge in [0.2, 0.25) is 0 Å². The highest BCUT2D eigenvalue weighted by molar-refractivity contribution is 5.83. The van der Waals surface area contributed by atoms with E-state index in [0.29, 0.717) is 25.1 Å². The fourth-order valence-corrected chi connectivity index (χ4v) is 4.40. The first kappa shape index (κ1) is 22.7. The lowest BCUT2D eigenvalue weighted by Gasteiger charge is -2.22. The maximum atomic E-state index is 12.8. The van der Waals surface area contributed by atoms with Crippen molar-refractivity contribution in [1.29, 1.82) is 0 Å². The van der Waals surface area contributed by atoms with Gasteiger partial charge in [-0.3, -0.25) is 4.90 Å². The molecule has 1 saturated heterocycles. The lowest BCUT2D eigenvalue weighted by Crippen LogP contribution is -2.42. The summed E-state index contributed by atoms with van der Waals surface area (Å²) < 4.78 is 11.0. The van der Waals surface area contributed by atoms with Gasteiger partial charge in [0.1, 0.15) is 24.2 Å². The van der Waals surface area contributed by atoms with Crippen LogP contribution in [0.15, 0.2) is 72.8 Å². The molecule has 4 aromatic rings. The first-order valence-corrected chi connectivity index (χ1v) is 11.8. The SMILES string of the molecule is Cc1cccc2[nH]c(Cc3ccc(OC(=O)[C@@H]4CCCN4C(=O)OCc4ccccc4)cc3)nc12. The van der Waals surface area contributed by atoms with Gasteiger partial charge < -0.3 is 14.5 Å². The van der Waals surface area contributed by atoms with Crippen molar-refractivity contribution in [3.8, 4) is 5.75 Å². The molecule has 2 heterocycles. The van der Waals surface area contributed by atoms with E-state index in [-0.39, 0.29) is 6.61 Å². The number of amides is 1. The van der Waals surface area contributed by atoms with Crippen molar-refractivity contribution in [3.05, 3.63) is 95.3 Å². The number of aromatic amines is 1. The molecule has 1 fully saturated rings. The Bertz CT molecular complexity index is 1330. The van der Waals surface area contributed by atoms with Gasteiger partial charge in [0.05, 0.1) is 11.0 Å². The lowest BCUT2D eigenvalue weighted by atomic mass is 10.1. The summed E-state index contributed by atoms with van der Waals surface area (Å²) in [5.41, 5.74) is 5.09. The van der Waals surface area contributed by atoms with Crippen LogP contribution in [0, 0.1) is 6.92 Å². The van der Waals surface area contributed by atoms with E-state index in [1.807, 2.05) is 67.6 Å². The third-order valence-corrected chi connectivity index (χ3v) is 6.24. The number of rotatable bonds is 6. The fraction of sp³-hybridized carbons (Fsp3) is 0.250. The van der Waals surface area contributed by atoms with Crippen LogP contribution in [0.2, 0.25) is 0 Å². The van der Waals surface area contributed by atoms with Crippen LogP contribution < -0.4 is 4.74 Å². The van der Waals surface area contributed by atoms with E-state index in [0.717, 1.165) is 40.0 Å². The van der Waals surface area contributed by atoms with Gasteiger partial charge in [0.15, 0.2) is 0 Å². The first-order chi connectivity index (χ1) is 17.1. The number of likely N-dealkylation sites (tertiary alicyclic amines) is 1. The number of para-hydroxylation sites is 1. The standard InChI is InChI=1S/C28H27N3O4/c1-19-7-5-10-23-26(19)30-25(29-23)17-20-12-14-22(15-13-20)35-27(32)24-11-6-16-31(24)28(33)34-18-21-8-3-2-4-9-21/h2-5,7-10,12-15,24H,6,11,16-18H2,1H3,(H,29,30)/t24-/m0/s1. The Labute approximate surface area is 203 Å². The van der Waals surface area contributed by atoms with E-state index >= 15 is 0 Å². The summed E-state index contributed by atoms with van der Waals surface area (Å²) in [7, 11) is 0. The van der Waals surface area contributed by atoms with E-state index in [1.54, 1.807) is 12.1 Å². The van der Waals surface area contributed by atoms with Gasteiger partial charge in [0.25, 0.3) is 0 Å². The number of benzene rings is 3. The van der Waals surface area contributed by atoms with Crippen LogP contribution in [-0.2, 0) is 22.6 Å². The van der Waals surface area contributed by atoms with Gasteiger partial charge in [0, 0.05) is 13.0 Å². The minimum Gasteiger partial charge on any atom is -0.445 e. The number of nitrogens with one attached hydrogen (secondary N) is 1. The van der Waals surface area contributed by atoms with E-state index in [2.05, 4.69) is 4.98 Å². The molecule has 0 bridgehead atoms. The number of aromatic nitrogens is 2. The Morgan fingerprint density at radius 3 is 2.57 bits per heavy atom. The van der Waals surface area contributed by atoms with Crippen LogP contribution in [-0.4, -0.2) is 39.5 Å². The Morgan fingerprint density at radius 1 is 1.00 bits per heavy atom. The molecule has 3 aromatic carbocycles. The Kier molecular flexibility index (Phi) is 6.48. The molecule has 0 spiro atoms. The maximum absolute atomic E-state index is 12.8. The number of carbonyl (C=O) groups excluding carboxylic acids is 2. The summed E-state index contributed by atoms with van der Waals surface area (Å²) in [6.45, 7) is 2.69. The van der Waals surface area contributed by atoms with Crippen molar-refractivity contribution in [2.24, 2.45) is 0 Å². The van der Waals surface area contributed by atoms with Crippen LogP contribution >= 0.6 is 0 Å². The third kappa shape index (κ3) is 5.19. The molecular weight excluding hydrogens is 442 g/mol. The van der Waals surface area contributed by atoms with Crippen molar-refractivity contribution >= 4 is 23.1 Å². The van der Waals surface area contributed by atoms with Gasteiger partial charge in [-0.1, -0.05) is 54.6 Å². The second kappa shape index (κ2) is 10.0. The lowest BCUT2D eigenvalue weighted by molar-refractivity contribution is -0.139. The summed E-state index contributed by atoms with van der Waals surface area (Å²) in [6, 6.07) is 22.3. The molecule has 178 valence electrons. The summed E-state index contributed by atoms with van der Waals surface area (Å²) in [4.78, 5) is 34.9. The number of nitrogens with zero attached hydrogens (tertiary/aromatic N) is 2. The zero-order valence-corrected chi connectivity index (χ0v) is 19.6. The monoisotopic (exact) mass is 469 g/mol. The molecule has 1 aliphatic heterocycles. The quantitative estimate of drug-likeness (QED) is 0.311. The molecule has 0 saturated carbocycles. The van der Waals surface area contributed by atoms with Gasteiger partial charge in [-0.25, -0.2) is 14.6 Å². The molecule has 5 rings (SSSR count). The minimum absolute atomic E-state index is 0.171. The van der Waals surface area contributed by atoms with E-state index in [1.165, 1.54) is 4.90 Å². The Morgan fingerprint density at radius 2 is 1.80 bits per heavy atom. The summed E-state index contributed by atoms with van der Waals surface area (Å²) >= 11 is 0. The second-order valence-corrected chi connectivity index (χ2v) is 8.79. The summed E-state index contributed by atoms with van der Waals surface area (Å²) in [6.07, 6.45) is 1.44. The Balaban J connectivity index is 1.18. The van der Waals surface area contributed by atoms with Gasteiger partial charge in [-0.05, 0) is 54.7 Å². The average Bonchev–Trinajstić information content (AvgIpc) is 3.52. The van der Waals surface area contributed by atoms with Crippen molar-refractivity contribution in [2.75, 3.05) is 6.54 Å². The number of imidazole rings is 1. The number of hydrogen-bond donors (Lipinski definition) is 1.